The lowest BCUT2D eigenvalue weighted by Crippen LogP contribution is -2.22. The van der Waals surface area contributed by atoms with E-state index in [4.69, 9.17) is 11.6 Å². The highest BCUT2D eigenvalue weighted by molar-refractivity contribution is 6.31. The molecule has 1 heterocycles. The fraction of sp³-hybridized carbons (Fsp3) is 0.471. The molecule has 0 radical (unpaired) electrons. The van der Waals surface area contributed by atoms with Crippen molar-refractivity contribution in [3.05, 3.63) is 51.8 Å². The molecular weight excluding hydrogens is 298 g/mol. The minimum absolute atomic E-state index is 0.460. The number of benzene rings is 1. The van der Waals surface area contributed by atoms with Gasteiger partial charge in [0.2, 0.25) is 0 Å². The van der Waals surface area contributed by atoms with Crippen LogP contribution in [0.25, 0.3) is 0 Å². The van der Waals surface area contributed by atoms with Crippen molar-refractivity contribution < 1.29 is 5.11 Å². The molecule has 22 heavy (non-hydrogen) atoms. The number of aliphatic hydroxyl groups is 1. The maximum Gasteiger partial charge on any atom is 0.0928 e. The van der Waals surface area contributed by atoms with Crippen LogP contribution < -0.4 is 5.32 Å². The number of halogens is 1. The van der Waals surface area contributed by atoms with Crippen molar-refractivity contribution in [1.29, 1.82) is 0 Å². The van der Waals surface area contributed by atoms with Gasteiger partial charge in [-0.2, -0.15) is 5.10 Å². The minimum atomic E-state index is -0.611. The second-order valence-electron chi connectivity index (χ2n) is 5.54. The Kier molecular flexibility index (Phi) is 6.00. The molecule has 2 aromatic rings. The van der Waals surface area contributed by atoms with Crippen LogP contribution in [0.3, 0.4) is 0 Å². The summed E-state index contributed by atoms with van der Waals surface area (Å²) < 4.78 is 2.05. The summed E-state index contributed by atoms with van der Waals surface area (Å²) in [4.78, 5) is 0. The van der Waals surface area contributed by atoms with Gasteiger partial charge < -0.3 is 10.4 Å². The number of nitrogens with one attached hydrogen (secondary N) is 1. The van der Waals surface area contributed by atoms with Gasteiger partial charge in [-0.1, -0.05) is 36.7 Å². The van der Waals surface area contributed by atoms with Crippen molar-refractivity contribution in [2.75, 3.05) is 6.54 Å². The highest BCUT2D eigenvalue weighted by Crippen LogP contribution is 2.22. The largest absolute Gasteiger partial charge is 0.387 e. The maximum absolute atomic E-state index is 10.2. The highest BCUT2D eigenvalue weighted by atomic mass is 35.5. The molecule has 1 aromatic heterocycles. The molecule has 0 fully saturated rings. The van der Waals surface area contributed by atoms with Gasteiger partial charge in [-0.25, -0.2) is 0 Å². The molecule has 0 amide bonds. The third-order valence-electron chi connectivity index (χ3n) is 3.87. The molecule has 1 unspecified atom stereocenters. The number of aromatic nitrogens is 2. The molecule has 0 saturated heterocycles. The first-order valence-corrected chi connectivity index (χ1v) is 8.08. The Balaban J connectivity index is 1.95. The van der Waals surface area contributed by atoms with Crippen LogP contribution in [0.15, 0.2) is 24.3 Å². The van der Waals surface area contributed by atoms with Gasteiger partial charge in [0.1, 0.15) is 0 Å². The smallest absolute Gasteiger partial charge is 0.0928 e. The van der Waals surface area contributed by atoms with Gasteiger partial charge in [-0.15, -0.1) is 0 Å². The summed E-state index contributed by atoms with van der Waals surface area (Å²) in [5.74, 6) is 0. The van der Waals surface area contributed by atoms with Crippen molar-refractivity contribution >= 4 is 11.6 Å². The van der Waals surface area contributed by atoms with E-state index in [2.05, 4.69) is 28.9 Å². The molecule has 0 bridgehead atoms. The van der Waals surface area contributed by atoms with E-state index < -0.39 is 6.10 Å². The second kappa shape index (κ2) is 7.77. The Morgan fingerprint density at radius 2 is 2.05 bits per heavy atom. The van der Waals surface area contributed by atoms with Crippen molar-refractivity contribution in [2.24, 2.45) is 0 Å². The number of aliphatic hydroxyl groups excluding tert-OH is 1. The normalized spacial score (nSPS) is 12.6. The lowest BCUT2D eigenvalue weighted by molar-refractivity contribution is 0.174. The molecular formula is C17H24ClN3O. The predicted octanol–water partition coefficient (Wildman–Crippen LogP) is 3.39. The molecule has 1 aromatic carbocycles. The van der Waals surface area contributed by atoms with Gasteiger partial charge in [-0.05, 0) is 26.3 Å². The van der Waals surface area contributed by atoms with Gasteiger partial charge >= 0.3 is 0 Å². The first-order chi connectivity index (χ1) is 10.5. The summed E-state index contributed by atoms with van der Waals surface area (Å²) in [5.41, 5.74) is 4.20. The average Bonchev–Trinajstić information content (AvgIpc) is 2.75. The van der Waals surface area contributed by atoms with Crippen LogP contribution >= 0.6 is 11.6 Å². The molecule has 0 aliphatic heterocycles. The monoisotopic (exact) mass is 321 g/mol. The molecule has 2 rings (SSSR count). The van der Waals surface area contributed by atoms with E-state index in [-0.39, 0.29) is 0 Å². The maximum atomic E-state index is 10.2. The van der Waals surface area contributed by atoms with Crippen molar-refractivity contribution in [1.82, 2.24) is 15.1 Å². The van der Waals surface area contributed by atoms with Crippen molar-refractivity contribution in [2.45, 2.75) is 46.4 Å². The summed E-state index contributed by atoms with van der Waals surface area (Å²) in [7, 11) is 0. The summed E-state index contributed by atoms with van der Waals surface area (Å²) in [6.45, 7) is 8.37. The number of rotatable bonds is 7. The number of aryl methyl sites for hydroxylation is 2. The third-order valence-corrected chi connectivity index (χ3v) is 4.21. The molecule has 4 nitrogen and oxygen atoms in total. The molecule has 5 heteroatoms. The van der Waals surface area contributed by atoms with Crippen LogP contribution in [0.2, 0.25) is 5.02 Å². The zero-order valence-corrected chi connectivity index (χ0v) is 14.2. The third kappa shape index (κ3) is 3.88. The van der Waals surface area contributed by atoms with E-state index in [9.17, 15) is 5.11 Å². The zero-order valence-electron chi connectivity index (χ0n) is 13.4. The summed E-state index contributed by atoms with van der Waals surface area (Å²) in [5, 5.41) is 18.7. The van der Waals surface area contributed by atoms with E-state index in [0.717, 1.165) is 24.2 Å². The molecule has 0 aliphatic carbocycles. The summed E-state index contributed by atoms with van der Waals surface area (Å²) in [6.07, 6.45) is 0.458. The molecule has 0 spiro atoms. The van der Waals surface area contributed by atoms with Gasteiger partial charge in [-0.3, -0.25) is 4.68 Å². The minimum Gasteiger partial charge on any atom is -0.387 e. The van der Waals surface area contributed by atoms with Crippen LogP contribution in [-0.4, -0.2) is 21.4 Å². The molecule has 2 N–H and O–H groups in total. The van der Waals surface area contributed by atoms with Gasteiger partial charge in [0, 0.05) is 41.5 Å². The lowest BCUT2D eigenvalue weighted by Gasteiger charge is -2.14. The summed E-state index contributed by atoms with van der Waals surface area (Å²) in [6, 6.07) is 7.39. The van der Waals surface area contributed by atoms with E-state index >= 15 is 0 Å². The quantitative estimate of drug-likeness (QED) is 0.822. The van der Waals surface area contributed by atoms with E-state index in [0.29, 0.717) is 18.1 Å². The van der Waals surface area contributed by atoms with Crippen LogP contribution in [-0.2, 0) is 13.1 Å². The molecule has 0 saturated carbocycles. The number of hydrogen-bond acceptors (Lipinski definition) is 3. The predicted molar refractivity (Wildman–Crippen MR) is 90.1 cm³/mol. The van der Waals surface area contributed by atoms with Gasteiger partial charge in [0.05, 0.1) is 11.8 Å². The van der Waals surface area contributed by atoms with Crippen LogP contribution in [0, 0.1) is 13.8 Å². The Morgan fingerprint density at radius 1 is 1.32 bits per heavy atom. The summed E-state index contributed by atoms with van der Waals surface area (Å²) >= 11 is 6.10. The highest BCUT2D eigenvalue weighted by Gasteiger charge is 2.13. The molecule has 120 valence electrons. The standard InChI is InChI=1S/C17H24ClN3O/c1-4-9-21-13(3)15(12(2)20-21)10-19-11-17(22)14-7-5-6-8-16(14)18/h5-8,17,19,22H,4,9-11H2,1-3H3. The van der Waals surface area contributed by atoms with Gasteiger partial charge in [0.25, 0.3) is 0 Å². The fourth-order valence-electron chi connectivity index (χ4n) is 2.61. The van der Waals surface area contributed by atoms with Crippen LogP contribution in [0.1, 0.15) is 42.0 Å². The van der Waals surface area contributed by atoms with Crippen LogP contribution in [0.4, 0.5) is 0 Å². The van der Waals surface area contributed by atoms with Crippen molar-refractivity contribution in [3.8, 4) is 0 Å². The SMILES string of the molecule is CCCn1nc(C)c(CNCC(O)c2ccccc2Cl)c1C. The zero-order chi connectivity index (χ0) is 16.1. The fourth-order valence-corrected chi connectivity index (χ4v) is 2.87. The topological polar surface area (TPSA) is 50.1 Å². The second-order valence-corrected chi connectivity index (χ2v) is 5.95. The van der Waals surface area contributed by atoms with E-state index in [1.165, 1.54) is 11.3 Å². The lowest BCUT2D eigenvalue weighted by atomic mass is 10.1. The Bertz CT molecular complexity index is 624. The first-order valence-electron chi connectivity index (χ1n) is 7.70. The first kappa shape index (κ1) is 17.0. The van der Waals surface area contributed by atoms with E-state index in [1.807, 2.05) is 25.1 Å². The molecule has 0 aliphatic rings. The van der Waals surface area contributed by atoms with Crippen LogP contribution in [0.5, 0.6) is 0 Å². The number of nitrogens with zero attached hydrogens (tertiary/aromatic N) is 2. The Labute approximate surface area is 137 Å². The Hall–Kier alpha value is -1.36. The van der Waals surface area contributed by atoms with E-state index in [1.54, 1.807) is 6.07 Å². The Morgan fingerprint density at radius 3 is 2.73 bits per heavy atom. The van der Waals surface area contributed by atoms with Gasteiger partial charge in [0.15, 0.2) is 0 Å². The van der Waals surface area contributed by atoms with Crippen molar-refractivity contribution in [3.63, 3.8) is 0 Å². The number of hydrogen-bond donors (Lipinski definition) is 2. The average molecular weight is 322 g/mol. The molecule has 1 atom stereocenters.